The first-order valence-corrected chi connectivity index (χ1v) is 4.97. The molecule has 5 nitrogen and oxygen atoms in total. The molecule has 2 rings (SSSR count). The Hall–Kier alpha value is -0.810. The Balaban J connectivity index is 1.64. The van der Waals surface area contributed by atoms with Crippen molar-refractivity contribution in [2.24, 2.45) is 0 Å². The van der Waals surface area contributed by atoms with Crippen LogP contribution in [0.15, 0.2) is 0 Å². The van der Waals surface area contributed by atoms with Crippen LogP contribution in [-0.4, -0.2) is 54.6 Å². The molecule has 2 heterocycles. The third-order valence-electron chi connectivity index (χ3n) is 2.63. The second kappa shape index (κ2) is 4.14. The molecule has 1 amide bonds. The molecule has 80 valence electrons. The predicted octanol–water partition coefficient (Wildman–Crippen LogP) is 0.544. The molecular formula is C9H15NO4. The summed E-state index contributed by atoms with van der Waals surface area (Å²) in [6.07, 6.45) is 1.30. The van der Waals surface area contributed by atoms with Gasteiger partial charge in [0.05, 0.1) is 19.3 Å². The Morgan fingerprint density at radius 2 is 2.14 bits per heavy atom. The van der Waals surface area contributed by atoms with E-state index >= 15 is 0 Å². The maximum atomic E-state index is 10.6. The van der Waals surface area contributed by atoms with Crippen molar-refractivity contribution >= 4 is 6.09 Å². The van der Waals surface area contributed by atoms with Crippen LogP contribution in [0.2, 0.25) is 0 Å². The smallest absolute Gasteiger partial charge is 0.407 e. The van der Waals surface area contributed by atoms with Gasteiger partial charge in [0.25, 0.3) is 0 Å². The van der Waals surface area contributed by atoms with Gasteiger partial charge in [-0.3, -0.25) is 0 Å². The molecule has 0 aromatic rings. The molecule has 1 N–H and O–H groups in total. The van der Waals surface area contributed by atoms with Gasteiger partial charge >= 0.3 is 6.09 Å². The minimum atomic E-state index is -0.825. The van der Waals surface area contributed by atoms with Crippen molar-refractivity contribution in [3.05, 3.63) is 0 Å². The van der Waals surface area contributed by atoms with E-state index in [0.29, 0.717) is 25.8 Å². The van der Waals surface area contributed by atoms with E-state index in [9.17, 15) is 4.79 Å². The molecule has 14 heavy (non-hydrogen) atoms. The Kier molecular flexibility index (Phi) is 2.88. The molecular weight excluding hydrogens is 186 g/mol. The molecule has 2 saturated heterocycles. The van der Waals surface area contributed by atoms with Gasteiger partial charge in [-0.1, -0.05) is 0 Å². The lowest BCUT2D eigenvalue weighted by molar-refractivity contribution is 0.00356. The van der Waals surface area contributed by atoms with Crippen molar-refractivity contribution < 1.29 is 19.4 Å². The van der Waals surface area contributed by atoms with E-state index in [-0.39, 0.29) is 6.10 Å². The Labute approximate surface area is 82.6 Å². The first kappa shape index (κ1) is 9.73. The number of hydrogen-bond donors (Lipinski definition) is 1. The van der Waals surface area contributed by atoms with Crippen LogP contribution in [0.1, 0.15) is 12.8 Å². The van der Waals surface area contributed by atoms with Crippen LogP contribution in [0.5, 0.6) is 0 Å². The standard InChI is InChI=1S/C9H15NO4/c11-9(12)10-3-1-7(2-4-10)13-5-8-6-14-8/h7-8H,1-6H2,(H,11,12). The maximum absolute atomic E-state index is 10.6. The van der Waals surface area contributed by atoms with Gasteiger partial charge in [0.1, 0.15) is 6.10 Å². The summed E-state index contributed by atoms with van der Waals surface area (Å²) in [5.41, 5.74) is 0. The van der Waals surface area contributed by atoms with Crippen LogP contribution in [-0.2, 0) is 9.47 Å². The number of rotatable bonds is 3. The average molecular weight is 201 g/mol. The zero-order chi connectivity index (χ0) is 9.97. The van der Waals surface area contributed by atoms with E-state index in [4.69, 9.17) is 14.6 Å². The van der Waals surface area contributed by atoms with Gasteiger partial charge in [0, 0.05) is 13.1 Å². The van der Waals surface area contributed by atoms with Gasteiger partial charge in [-0.15, -0.1) is 0 Å². The lowest BCUT2D eigenvalue weighted by atomic mass is 10.1. The largest absolute Gasteiger partial charge is 0.465 e. The van der Waals surface area contributed by atoms with Crippen LogP contribution in [0.3, 0.4) is 0 Å². The fraction of sp³-hybridized carbons (Fsp3) is 0.889. The molecule has 0 aromatic heterocycles. The highest BCUT2D eigenvalue weighted by Gasteiger charge is 2.27. The summed E-state index contributed by atoms with van der Waals surface area (Å²) in [7, 11) is 0. The third kappa shape index (κ3) is 2.59. The van der Waals surface area contributed by atoms with E-state index in [1.54, 1.807) is 0 Å². The number of hydrogen-bond acceptors (Lipinski definition) is 3. The van der Waals surface area contributed by atoms with Crippen LogP contribution < -0.4 is 0 Å². The summed E-state index contributed by atoms with van der Waals surface area (Å²) in [4.78, 5) is 12.0. The number of piperidine rings is 1. The van der Waals surface area contributed by atoms with Crippen molar-refractivity contribution in [3.8, 4) is 0 Å². The van der Waals surface area contributed by atoms with E-state index in [2.05, 4.69) is 0 Å². The molecule has 0 radical (unpaired) electrons. The van der Waals surface area contributed by atoms with Crippen molar-refractivity contribution in [1.82, 2.24) is 4.90 Å². The Bertz CT molecular complexity index is 209. The highest BCUT2D eigenvalue weighted by Crippen LogP contribution is 2.16. The van der Waals surface area contributed by atoms with E-state index < -0.39 is 6.09 Å². The number of nitrogens with zero attached hydrogens (tertiary/aromatic N) is 1. The molecule has 5 heteroatoms. The zero-order valence-corrected chi connectivity index (χ0v) is 8.02. The SMILES string of the molecule is O=C(O)N1CCC(OCC2CO2)CC1. The fourth-order valence-corrected chi connectivity index (χ4v) is 1.62. The normalized spacial score (nSPS) is 27.7. The summed E-state index contributed by atoms with van der Waals surface area (Å²) in [5.74, 6) is 0. The minimum Gasteiger partial charge on any atom is -0.465 e. The quantitative estimate of drug-likeness (QED) is 0.677. The highest BCUT2D eigenvalue weighted by molar-refractivity contribution is 5.64. The fourth-order valence-electron chi connectivity index (χ4n) is 1.62. The number of carbonyl (C=O) groups is 1. The summed E-state index contributed by atoms with van der Waals surface area (Å²) in [6, 6.07) is 0. The number of ether oxygens (including phenoxy) is 2. The monoisotopic (exact) mass is 201 g/mol. The van der Waals surface area contributed by atoms with E-state index in [1.165, 1.54) is 4.90 Å². The predicted molar refractivity (Wildman–Crippen MR) is 48.3 cm³/mol. The van der Waals surface area contributed by atoms with Gasteiger partial charge in [-0.25, -0.2) is 4.79 Å². The molecule has 0 saturated carbocycles. The zero-order valence-electron chi connectivity index (χ0n) is 8.02. The topological polar surface area (TPSA) is 62.3 Å². The molecule has 1 atom stereocenters. The molecule has 0 aliphatic carbocycles. The van der Waals surface area contributed by atoms with Crippen LogP contribution in [0.25, 0.3) is 0 Å². The molecule has 1 unspecified atom stereocenters. The lowest BCUT2D eigenvalue weighted by Crippen LogP contribution is -2.40. The maximum Gasteiger partial charge on any atom is 0.407 e. The Morgan fingerprint density at radius 3 is 2.64 bits per heavy atom. The highest BCUT2D eigenvalue weighted by atomic mass is 16.6. The average Bonchev–Trinajstić information content (AvgIpc) is 2.99. The van der Waals surface area contributed by atoms with Crippen LogP contribution >= 0.6 is 0 Å². The van der Waals surface area contributed by atoms with Crippen LogP contribution in [0.4, 0.5) is 4.79 Å². The van der Waals surface area contributed by atoms with Gasteiger partial charge in [-0.2, -0.15) is 0 Å². The number of amides is 1. The second-order valence-corrected chi connectivity index (χ2v) is 3.76. The first-order valence-electron chi connectivity index (χ1n) is 4.97. The number of epoxide rings is 1. The molecule has 2 aliphatic rings. The molecule has 0 bridgehead atoms. The summed E-state index contributed by atoms with van der Waals surface area (Å²) >= 11 is 0. The van der Waals surface area contributed by atoms with Crippen LogP contribution in [0, 0.1) is 0 Å². The molecule has 0 aromatic carbocycles. The molecule has 0 spiro atoms. The van der Waals surface area contributed by atoms with Crippen molar-refractivity contribution in [3.63, 3.8) is 0 Å². The lowest BCUT2D eigenvalue weighted by Gasteiger charge is -2.29. The number of carboxylic acid groups (broad SMARTS) is 1. The summed E-state index contributed by atoms with van der Waals surface area (Å²) < 4.78 is 10.6. The van der Waals surface area contributed by atoms with Crippen molar-refractivity contribution in [2.75, 3.05) is 26.3 Å². The van der Waals surface area contributed by atoms with E-state index in [1.807, 2.05) is 0 Å². The Morgan fingerprint density at radius 1 is 1.50 bits per heavy atom. The molecule has 2 aliphatic heterocycles. The van der Waals surface area contributed by atoms with Crippen molar-refractivity contribution in [1.29, 1.82) is 0 Å². The summed E-state index contributed by atoms with van der Waals surface area (Å²) in [5, 5.41) is 8.72. The second-order valence-electron chi connectivity index (χ2n) is 3.76. The van der Waals surface area contributed by atoms with Crippen molar-refractivity contribution in [2.45, 2.75) is 25.0 Å². The minimum absolute atomic E-state index is 0.217. The molecule has 2 fully saturated rings. The summed E-state index contributed by atoms with van der Waals surface area (Å²) in [6.45, 7) is 2.66. The third-order valence-corrected chi connectivity index (χ3v) is 2.63. The van der Waals surface area contributed by atoms with Gasteiger partial charge < -0.3 is 19.5 Å². The van der Waals surface area contributed by atoms with E-state index in [0.717, 1.165) is 19.4 Å². The first-order chi connectivity index (χ1) is 6.75. The van der Waals surface area contributed by atoms with Gasteiger partial charge in [-0.05, 0) is 12.8 Å². The number of likely N-dealkylation sites (tertiary alicyclic amines) is 1. The van der Waals surface area contributed by atoms with Gasteiger partial charge in [0.2, 0.25) is 0 Å². The van der Waals surface area contributed by atoms with Gasteiger partial charge in [0.15, 0.2) is 0 Å².